The smallest absolute Gasteiger partial charge is 0.345 e. The van der Waals surface area contributed by atoms with Crippen molar-refractivity contribution in [1.29, 1.82) is 0 Å². The second kappa shape index (κ2) is 9.45. The number of aromatic carboxylic acids is 1. The van der Waals surface area contributed by atoms with Crippen LogP contribution in [0.3, 0.4) is 0 Å². The molecule has 0 fully saturated rings. The molecule has 0 bridgehead atoms. The summed E-state index contributed by atoms with van der Waals surface area (Å²) in [6, 6.07) is 1.78. The molecule has 1 aromatic heterocycles. The zero-order valence-electron chi connectivity index (χ0n) is 11.0. The molecular weight excluding hydrogens is 264 g/mol. The van der Waals surface area contributed by atoms with Crippen molar-refractivity contribution in [2.45, 2.75) is 56.8 Å². The van der Waals surface area contributed by atoms with E-state index in [0.29, 0.717) is 4.88 Å². The lowest BCUT2D eigenvalue weighted by molar-refractivity contribution is 0.0702. The predicted molar refractivity (Wildman–Crippen MR) is 80.0 cm³/mol. The monoisotopic (exact) mass is 286 g/mol. The van der Waals surface area contributed by atoms with Gasteiger partial charge in [0.15, 0.2) is 0 Å². The maximum absolute atomic E-state index is 10.7. The van der Waals surface area contributed by atoms with Gasteiger partial charge in [0.25, 0.3) is 0 Å². The second-order valence-electron chi connectivity index (χ2n) is 4.42. The molecule has 1 aromatic rings. The lowest BCUT2D eigenvalue weighted by Crippen LogP contribution is -1.89. The van der Waals surface area contributed by atoms with Crippen molar-refractivity contribution >= 4 is 29.1 Å². The Bertz CT molecular complexity index is 347. The molecule has 1 heterocycles. The molecule has 18 heavy (non-hydrogen) atoms. The van der Waals surface area contributed by atoms with Crippen molar-refractivity contribution < 1.29 is 9.90 Å². The Morgan fingerprint density at radius 2 is 1.89 bits per heavy atom. The molecule has 0 atom stereocenters. The normalized spacial score (nSPS) is 10.7. The third-order valence-corrected chi connectivity index (χ3v) is 4.93. The molecule has 4 heteroatoms. The highest BCUT2D eigenvalue weighted by Crippen LogP contribution is 2.25. The lowest BCUT2D eigenvalue weighted by atomic mass is 10.1. The van der Waals surface area contributed by atoms with Gasteiger partial charge in [-0.05, 0) is 18.2 Å². The van der Waals surface area contributed by atoms with Gasteiger partial charge in [0, 0.05) is 10.3 Å². The van der Waals surface area contributed by atoms with Gasteiger partial charge in [0.1, 0.15) is 4.88 Å². The van der Waals surface area contributed by atoms with Crippen LogP contribution < -0.4 is 0 Å². The first-order valence-corrected chi connectivity index (χ1v) is 8.55. The van der Waals surface area contributed by atoms with Gasteiger partial charge in [-0.2, -0.15) is 0 Å². The van der Waals surface area contributed by atoms with E-state index < -0.39 is 5.97 Å². The molecule has 2 nitrogen and oxygen atoms in total. The minimum atomic E-state index is -0.817. The van der Waals surface area contributed by atoms with Crippen LogP contribution in [-0.4, -0.2) is 16.8 Å². The Balaban J connectivity index is 2.02. The Labute approximate surface area is 118 Å². The second-order valence-corrected chi connectivity index (χ2v) is 6.50. The van der Waals surface area contributed by atoms with Crippen LogP contribution in [0.2, 0.25) is 0 Å². The Hall–Kier alpha value is -0.480. The zero-order chi connectivity index (χ0) is 13.2. The highest BCUT2D eigenvalue weighted by molar-refractivity contribution is 7.99. The zero-order valence-corrected chi connectivity index (χ0v) is 12.6. The van der Waals surface area contributed by atoms with Gasteiger partial charge in [-0.15, -0.1) is 23.1 Å². The Morgan fingerprint density at radius 1 is 1.22 bits per heavy atom. The average molecular weight is 286 g/mol. The van der Waals surface area contributed by atoms with Crippen LogP contribution in [0.1, 0.15) is 61.5 Å². The third-order valence-electron chi connectivity index (χ3n) is 2.80. The maximum Gasteiger partial charge on any atom is 0.345 e. The van der Waals surface area contributed by atoms with Crippen molar-refractivity contribution in [3.05, 3.63) is 16.3 Å². The van der Waals surface area contributed by atoms with Crippen LogP contribution in [0.15, 0.2) is 16.3 Å². The molecule has 1 rings (SSSR count). The number of thioether (sulfide) groups is 1. The summed E-state index contributed by atoms with van der Waals surface area (Å²) in [6.07, 6.45) is 9.27. The molecule has 0 saturated heterocycles. The SMILES string of the molecule is CCCCCCCCCSc1csc(C(=O)O)c1. The van der Waals surface area contributed by atoms with Crippen LogP contribution in [-0.2, 0) is 0 Å². The molecular formula is C14H22O2S2. The van der Waals surface area contributed by atoms with Gasteiger partial charge in [0.2, 0.25) is 0 Å². The van der Waals surface area contributed by atoms with E-state index in [1.165, 1.54) is 56.3 Å². The van der Waals surface area contributed by atoms with Gasteiger partial charge < -0.3 is 5.11 Å². The first kappa shape index (κ1) is 15.6. The van der Waals surface area contributed by atoms with E-state index in [1.54, 1.807) is 17.8 Å². The summed E-state index contributed by atoms with van der Waals surface area (Å²) >= 11 is 3.09. The number of carbonyl (C=O) groups is 1. The molecule has 0 spiro atoms. The highest BCUT2D eigenvalue weighted by Gasteiger charge is 2.06. The van der Waals surface area contributed by atoms with Crippen LogP contribution in [0.4, 0.5) is 0 Å². The summed E-state index contributed by atoms with van der Waals surface area (Å²) < 4.78 is 0. The summed E-state index contributed by atoms with van der Waals surface area (Å²) in [7, 11) is 0. The molecule has 0 aliphatic heterocycles. The van der Waals surface area contributed by atoms with Gasteiger partial charge in [0.05, 0.1) is 0 Å². The minimum Gasteiger partial charge on any atom is -0.477 e. The topological polar surface area (TPSA) is 37.3 Å². The Kier molecular flexibility index (Phi) is 8.18. The standard InChI is InChI=1S/C14H22O2S2/c1-2-3-4-5-6-7-8-9-17-12-10-13(14(15)16)18-11-12/h10-11H,2-9H2,1H3,(H,15,16). The summed E-state index contributed by atoms with van der Waals surface area (Å²) in [6.45, 7) is 2.24. The van der Waals surface area contributed by atoms with Crippen molar-refractivity contribution in [2.24, 2.45) is 0 Å². The largest absolute Gasteiger partial charge is 0.477 e. The van der Waals surface area contributed by atoms with E-state index in [2.05, 4.69) is 6.92 Å². The molecule has 0 radical (unpaired) electrons. The molecule has 0 saturated carbocycles. The lowest BCUT2D eigenvalue weighted by Gasteiger charge is -2.00. The third kappa shape index (κ3) is 6.45. The number of rotatable bonds is 10. The number of unbranched alkanes of at least 4 members (excludes halogenated alkanes) is 6. The van der Waals surface area contributed by atoms with E-state index >= 15 is 0 Å². The van der Waals surface area contributed by atoms with Crippen molar-refractivity contribution in [3.8, 4) is 0 Å². The molecule has 0 aliphatic rings. The molecule has 102 valence electrons. The predicted octanol–water partition coefficient (Wildman–Crippen LogP) is 5.29. The van der Waals surface area contributed by atoms with Crippen LogP contribution in [0.25, 0.3) is 0 Å². The van der Waals surface area contributed by atoms with Crippen molar-refractivity contribution in [3.63, 3.8) is 0 Å². The van der Waals surface area contributed by atoms with Gasteiger partial charge in [-0.25, -0.2) is 4.79 Å². The quantitative estimate of drug-likeness (QED) is 0.469. The van der Waals surface area contributed by atoms with E-state index in [-0.39, 0.29) is 0 Å². The fraction of sp³-hybridized carbons (Fsp3) is 0.643. The highest BCUT2D eigenvalue weighted by atomic mass is 32.2. The average Bonchev–Trinajstić information content (AvgIpc) is 2.81. The number of hydrogen-bond acceptors (Lipinski definition) is 3. The molecule has 0 aliphatic carbocycles. The first-order chi connectivity index (χ1) is 8.74. The van der Waals surface area contributed by atoms with Crippen molar-refractivity contribution in [2.75, 3.05) is 5.75 Å². The van der Waals surface area contributed by atoms with Crippen molar-refractivity contribution in [1.82, 2.24) is 0 Å². The van der Waals surface area contributed by atoms with E-state index in [0.717, 1.165) is 10.6 Å². The minimum absolute atomic E-state index is 0.442. The Morgan fingerprint density at radius 3 is 2.50 bits per heavy atom. The first-order valence-electron chi connectivity index (χ1n) is 6.68. The van der Waals surface area contributed by atoms with Crippen LogP contribution in [0.5, 0.6) is 0 Å². The number of carboxylic acid groups (broad SMARTS) is 1. The van der Waals surface area contributed by atoms with E-state index in [4.69, 9.17) is 5.11 Å². The van der Waals surface area contributed by atoms with E-state index in [1.807, 2.05) is 5.38 Å². The van der Waals surface area contributed by atoms with Crippen LogP contribution >= 0.6 is 23.1 Å². The maximum atomic E-state index is 10.7. The summed E-state index contributed by atoms with van der Waals surface area (Å²) in [5.41, 5.74) is 0. The molecule has 0 aromatic carbocycles. The fourth-order valence-corrected chi connectivity index (χ4v) is 3.64. The van der Waals surface area contributed by atoms with E-state index in [9.17, 15) is 4.79 Å². The van der Waals surface area contributed by atoms with Gasteiger partial charge in [-0.3, -0.25) is 0 Å². The summed E-state index contributed by atoms with van der Waals surface area (Å²) in [5, 5.41) is 10.8. The molecule has 0 amide bonds. The number of hydrogen-bond donors (Lipinski definition) is 1. The van der Waals surface area contributed by atoms with Gasteiger partial charge in [-0.1, -0.05) is 45.4 Å². The molecule has 0 unspecified atom stereocenters. The number of thiophene rings is 1. The van der Waals surface area contributed by atoms with Crippen LogP contribution in [0, 0.1) is 0 Å². The number of carboxylic acids is 1. The summed E-state index contributed by atoms with van der Waals surface area (Å²) in [5.74, 6) is 0.284. The fourth-order valence-electron chi connectivity index (χ4n) is 1.76. The van der Waals surface area contributed by atoms with Gasteiger partial charge >= 0.3 is 5.97 Å². The summed E-state index contributed by atoms with van der Waals surface area (Å²) in [4.78, 5) is 12.3. The molecule has 1 N–H and O–H groups in total.